The van der Waals surface area contributed by atoms with Gasteiger partial charge in [0.05, 0.1) is 17.3 Å². The molecule has 0 unspecified atom stereocenters. The zero-order valence-electron chi connectivity index (χ0n) is 10.1. The molecule has 2 aromatic rings. The lowest BCUT2D eigenvalue weighted by atomic mass is 10.1. The third-order valence-electron chi connectivity index (χ3n) is 2.35. The molecule has 0 N–H and O–H groups in total. The van der Waals surface area contributed by atoms with Crippen molar-refractivity contribution in [2.75, 3.05) is 6.61 Å². The molecule has 0 saturated heterocycles. The molecule has 0 radical (unpaired) electrons. The fraction of sp³-hybridized carbons (Fsp3) is 0.231. The predicted octanol–water partition coefficient (Wildman–Crippen LogP) is 4.27. The Hall–Kier alpha value is -1.13. The van der Waals surface area contributed by atoms with Crippen LogP contribution in [0.4, 0.5) is 0 Å². The largest absolute Gasteiger partial charge is 0.492 e. The highest BCUT2D eigenvalue weighted by Crippen LogP contribution is 2.30. The van der Waals surface area contributed by atoms with Crippen molar-refractivity contribution in [1.82, 2.24) is 9.97 Å². The molecule has 0 bridgehead atoms. The normalized spacial score (nSPS) is 10.4. The molecule has 1 aromatic carbocycles. The van der Waals surface area contributed by atoms with Crippen LogP contribution in [0.15, 0.2) is 29.0 Å². The van der Waals surface area contributed by atoms with E-state index in [-0.39, 0.29) is 0 Å². The Bertz CT molecular complexity index is 555. The van der Waals surface area contributed by atoms with E-state index in [1.54, 1.807) is 0 Å². The van der Waals surface area contributed by atoms with Crippen molar-refractivity contribution < 1.29 is 4.74 Å². The Kier molecular flexibility index (Phi) is 4.19. The standard InChI is InChI=1S/C13H12BrClN2O/c1-3-18-12-5-4-9(7-10(12)15)11-6-8(2)16-13(14)17-11/h4-7H,3H2,1-2H3. The van der Waals surface area contributed by atoms with Crippen molar-refractivity contribution >= 4 is 27.5 Å². The maximum atomic E-state index is 6.16. The van der Waals surface area contributed by atoms with E-state index in [1.165, 1.54) is 0 Å². The highest BCUT2D eigenvalue weighted by molar-refractivity contribution is 9.10. The summed E-state index contributed by atoms with van der Waals surface area (Å²) in [5, 5.41) is 0.585. The van der Waals surface area contributed by atoms with Crippen molar-refractivity contribution in [2.45, 2.75) is 13.8 Å². The Morgan fingerprint density at radius 2 is 2.06 bits per heavy atom. The van der Waals surface area contributed by atoms with Gasteiger partial charge >= 0.3 is 0 Å². The van der Waals surface area contributed by atoms with E-state index in [0.717, 1.165) is 17.0 Å². The summed E-state index contributed by atoms with van der Waals surface area (Å²) < 4.78 is 5.97. The summed E-state index contributed by atoms with van der Waals surface area (Å²) in [6, 6.07) is 7.55. The van der Waals surface area contributed by atoms with Gasteiger partial charge in [-0.05, 0) is 54.0 Å². The number of rotatable bonds is 3. The number of aryl methyl sites for hydroxylation is 1. The molecule has 18 heavy (non-hydrogen) atoms. The predicted molar refractivity (Wildman–Crippen MR) is 76.1 cm³/mol. The molecule has 0 aliphatic heterocycles. The van der Waals surface area contributed by atoms with Crippen molar-refractivity contribution in [2.24, 2.45) is 0 Å². The average Bonchev–Trinajstić information content (AvgIpc) is 2.30. The first-order valence-electron chi connectivity index (χ1n) is 5.54. The average molecular weight is 328 g/mol. The van der Waals surface area contributed by atoms with Crippen LogP contribution < -0.4 is 4.74 Å². The van der Waals surface area contributed by atoms with Gasteiger partial charge in [0, 0.05) is 11.3 Å². The van der Waals surface area contributed by atoms with E-state index >= 15 is 0 Å². The molecule has 0 aliphatic carbocycles. The van der Waals surface area contributed by atoms with Gasteiger partial charge in [-0.2, -0.15) is 0 Å². The molecule has 0 fully saturated rings. The topological polar surface area (TPSA) is 35.0 Å². The highest BCUT2D eigenvalue weighted by atomic mass is 79.9. The van der Waals surface area contributed by atoms with Crippen LogP contribution in [0.1, 0.15) is 12.6 Å². The van der Waals surface area contributed by atoms with Crippen LogP contribution in [0.2, 0.25) is 5.02 Å². The zero-order valence-corrected chi connectivity index (χ0v) is 12.4. The van der Waals surface area contributed by atoms with E-state index in [1.807, 2.05) is 38.1 Å². The van der Waals surface area contributed by atoms with Crippen LogP contribution in [-0.4, -0.2) is 16.6 Å². The molecular weight excluding hydrogens is 316 g/mol. The fourth-order valence-corrected chi connectivity index (χ4v) is 2.32. The summed E-state index contributed by atoms with van der Waals surface area (Å²) in [6.45, 7) is 4.44. The van der Waals surface area contributed by atoms with Gasteiger partial charge in [0.25, 0.3) is 0 Å². The molecule has 0 amide bonds. The molecule has 5 heteroatoms. The first-order chi connectivity index (χ1) is 8.60. The second-order valence-electron chi connectivity index (χ2n) is 3.74. The number of ether oxygens (including phenoxy) is 1. The zero-order chi connectivity index (χ0) is 13.1. The van der Waals surface area contributed by atoms with Crippen LogP contribution in [0.5, 0.6) is 5.75 Å². The smallest absolute Gasteiger partial charge is 0.197 e. The number of hydrogen-bond acceptors (Lipinski definition) is 3. The van der Waals surface area contributed by atoms with Gasteiger partial charge < -0.3 is 4.74 Å². The molecule has 0 atom stereocenters. The quantitative estimate of drug-likeness (QED) is 0.790. The molecule has 0 saturated carbocycles. The van der Waals surface area contributed by atoms with Gasteiger partial charge in [-0.3, -0.25) is 0 Å². The lowest BCUT2D eigenvalue weighted by molar-refractivity contribution is 0.340. The third-order valence-corrected chi connectivity index (χ3v) is 3.00. The van der Waals surface area contributed by atoms with Crippen LogP contribution in [0.3, 0.4) is 0 Å². The molecule has 1 heterocycles. The van der Waals surface area contributed by atoms with E-state index in [2.05, 4.69) is 25.9 Å². The Balaban J connectivity index is 2.42. The Morgan fingerprint density at radius 1 is 1.28 bits per heavy atom. The van der Waals surface area contributed by atoms with Crippen LogP contribution in [0.25, 0.3) is 11.3 Å². The van der Waals surface area contributed by atoms with Gasteiger partial charge in [0.2, 0.25) is 0 Å². The van der Waals surface area contributed by atoms with Gasteiger partial charge in [0.15, 0.2) is 4.73 Å². The van der Waals surface area contributed by atoms with Crippen LogP contribution in [-0.2, 0) is 0 Å². The van der Waals surface area contributed by atoms with Crippen molar-refractivity contribution in [3.63, 3.8) is 0 Å². The third kappa shape index (κ3) is 3.00. The van der Waals surface area contributed by atoms with E-state index < -0.39 is 0 Å². The maximum absolute atomic E-state index is 6.16. The Labute approximate surface area is 119 Å². The van der Waals surface area contributed by atoms with Gasteiger partial charge in [-0.25, -0.2) is 9.97 Å². The number of benzene rings is 1. The van der Waals surface area contributed by atoms with Crippen molar-refractivity contribution in [1.29, 1.82) is 0 Å². The number of hydrogen-bond donors (Lipinski definition) is 0. The SMILES string of the molecule is CCOc1ccc(-c2cc(C)nc(Br)n2)cc1Cl. The number of nitrogens with zero attached hydrogens (tertiary/aromatic N) is 2. The molecule has 94 valence electrons. The summed E-state index contributed by atoms with van der Waals surface area (Å²) in [5.74, 6) is 0.688. The van der Waals surface area contributed by atoms with Gasteiger partial charge in [-0.15, -0.1) is 0 Å². The highest BCUT2D eigenvalue weighted by Gasteiger charge is 2.07. The molecule has 2 rings (SSSR count). The lowest BCUT2D eigenvalue weighted by Gasteiger charge is -2.08. The maximum Gasteiger partial charge on any atom is 0.197 e. The Morgan fingerprint density at radius 3 is 2.67 bits per heavy atom. The first-order valence-corrected chi connectivity index (χ1v) is 6.71. The van der Waals surface area contributed by atoms with E-state index in [4.69, 9.17) is 16.3 Å². The van der Waals surface area contributed by atoms with E-state index in [9.17, 15) is 0 Å². The fourth-order valence-electron chi connectivity index (χ4n) is 1.61. The summed E-state index contributed by atoms with van der Waals surface area (Å²) in [7, 11) is 0. The minimum Gasteiger partial charge on any atom is -0.492 e. The summed E-state index contributed by atoms with van der Waals surface area (Å²) in [4.78, 5) is 8.50. The minimum atomic E-state index is 0.572. The minimum absolute atomic E-state index is 0.572. The summed E-state index contributed by atoms with van der Waals surface area (Å²) in [6.07, 6.45) is 0. The van der Waals surface area contributed by atoms with Gasteiger partial charge in [-0.1, -0.05) is 11.6 Å². The molecule has 0 spiro atoms. The molecule has 1 aromatic heterocycles. The summed E-state index contributed by atoms with van der Waals surface area (Å²) in [5.41, 5.74) is 2.67. The van der Waals surface area contributed by atoms with Crippen LogP contribution >= 0.6 is 27.5 Å². The lowest BCUT2D eigenvalue weighted by Crippen LogP contribution is -1.94. The monoisotopic (exact) mass is 326 g/mol. The second kappa shape index (κ2) is 5.67. The van der Waals surface area contributed by atoms with Crippen LogP contribution in [0, 0.1) is 6.92 Å². The molecule has 3 nitrogen and oxygen atoms in total. The molecule has 0 aliphatic rings. The van der Waals surface area contributed by atoms with E-state index in [0.29, 0.717) is 22.1 Å². The van der Waals surface area contributed by atoms with Gasteiger partial charge in [0.1, 0.15) is 5.75 Å². The molecular formula is C13H12BrClN2O. The van der Waals surface area contributed by atoms with Crippen molar-refractivity contribution in [3.8, 4) is 17.0 Å². The summed E-state index contributed by atoms with van der Waals surface area (Å²) >= 11 is 9.45. The number of halogens is 2. The first kappa shape index (κ1) is 13.3. The second-order valence-corrected chi connectivity index (χ2v) is 4.86. The number of aromatic nitrogens is 2. The van der Waals surface area contributed by atoms with Crippen molar-refractivity contribution in [3.05, 3.63) is 39.7 Å².